The van der Waals surface area contributed by atoms with Crippen LogP contribution in [0.1, 0.15) is 34.5 Å². The highest BCUT2D eigenvalue weighted by atomic mass is 19.1. The number of carbonyl (C=O) groups is 1. The van der Waals surface area contributed by atoms with Gasteiger partial charge in [0, 0.05) is 47.8 Å². The summed E-state index contributed by atoms with van der Waals surface area (Å²) >= 11 is 0. The van der Waals surface area contributed by atoms with Crippen molar-refractivity contribution in [1.82, 2.24) is 4.90 Å². The van der Waals surface area contributed by atoms with Gasteiger partial charge in [0.25, 0.3) is 5.91 Å². The molecule has 0 saturated carbocycles. The maximum Gasteiger partial charge on any atom is 0.289 e. The fourth-order valence-corrected chi connectivity index (χ4v) is 4.50. The van der Waals surface area contributed by atoms with Gasteiger partial charge in [0.1, 0.15) is 17.3 Å². The predicted octanol–water partition coefficient (Wildman–Crippen LogP) is 4.11. The normalized spacial score (nSPS) is 17.1. The molecule has 30 heavy (non-hydrogen) atoms. The molecule has 0 bridgehead atoms. The second kappa shape index (κ2) is 7.29. The molecule has 2 aliphatic rings. The lowest BCUT2D eigenvalue weighted by molar-refractivity contribution is 0.0616. The average Bonchev–Trinajstić information content (AvgIpc) is 3.40. The second-order valence-electron chi connectivity index (χ2n) is 8.04. The smallest absolute Gasteiger partial charge is 0.289 e. The van der Waals surface area contributed by atoms with Crippen molar-refractivity contribution in [2.24, 2.45) is 5.73 Å². The number of hydrogen-bond acceptors (Lipinski definition) is 4. The summed E-state index contributed by atoms with van der Waals surface area (Å²) in [6.07, 6.45) is 1.52. The molecule has 3 aromatic rings. The number of hydrogen-bond donors (Lipinski definition) is 1. The van der Waals surface area contributed by atoms with Crippen molar-refractivity contribution in [2.75, 3.05) is 19.7 Å². The quantitative estimate of drug-likeness (QED) is 0.711. The first kappa shape index (κ1) is 18.9. The predicted molar refractivity (Wildman–Crippen MR) is 111 cm³/mol. The minimum Gasteiger partial charge on any atom is -0.492 e. The van der Waals surface area contributed by atoms with Crippen LogP contribution in [0.5, 0.6) is 5.75 Å². The summed E-state index contributed by atoms with van der Waals surface area (Å²) in [5.41, 5.74) is 7.95. The van der Waals surface area contributed by atoms with Crippen LogP contribution in [0.2, 0.25) is 0 Å². The molecule has 154 valence electrons. The van der Waals surface area contributed by atoms with Gasteiger partial charge in [-0.05, 0) is 31.0 Å². The van der Waals surface area contributed by atoms with Crippen molar-refractivity contribution in [3.05, 3.63) is 77.3 Å². The number of nitrogens with two attached hydrogens (primary N) is 1. The van der Waals surface area contributed by atoms with Crippen LogP contribution < -0.4 is 10.5 Å². The van der Waals surface area contributed by atoms with Crippen molar-refractivity contribution in [3.8, 4) is 17.1 Å². The molecule has 5 nitrogen and oxygen atoms in total. The van der Waals surface area contributed by atoms with Crippen molar-refractivity contribution in [3.63, 3.8) is 0 Å². The molecule has 1 amide bonds. The van der Waals surface area contributed by atoms with E-state index in [1.165, 1.54) is 6.07 Å². The maximum absolute atomic E-state index is 14.1. The zero-order valence-corrected chi connectivity index (χ0v) is 16.6. The van der Waals surface area contributed by atoms with Crippen molar-refractivity contribution < 1.29 is 18.3 Å². The standard InChI is InChI=1S/C24H23FN2O3/c25-19-13-22-18(12-17(19)14-26)24(15-29-22)8-10-27(11-9-24)23(28)21-7-6-20(30-21)16-4-2-1-3-5-16/h1-7,12-13H,8-11,14-15,26H2. The van der Waals surface area contributed by atoms with E-state index in [2.05, 4.69) is 0 Å². The molecule has 0 atom stereocenters. The summed E-state index contributed by atoms with van der Waals surface area (Å²) in [6, 6.07) is 16.6. The van der Waals surface area contributed by atoms with E-state index < -0.39 is 0 Å². The zero-order valence-electron chi connectivity index (χ0n) is 16.6. The number of fused-ring (bicyclic) bond motifs is 2. The van der Waals surface area contributed by atoms with Gasteiger partial charge in [0.05, 0.1) is 6.61 Å². The fourth-order valence-electron chi connectivity index (χ4n) is 4.50. The lowest BCUT2D eigenvalue weighted by atomic mass is 9.74. The maximum atomic E-state index is 14.1. The summed E-state index contributed by atoms with van der Waals surface area (Å²) in [7, 11) is 0. The molecule has 0 unspecified atom stereocenters. The third kappa shape index (κ3) is 3.08. The number of likely N-dealkylation sites (tertiary alicyclic amines) is 1. The molecule has 0 aliphatic carbocycles. The monoisotopic (exact) mass is 406 g/mol. The Labute approximate surface area is 174 Å². The first-order chi connectivity index (χ1) is 14.6. The van der Waals surface area contributed by atoms with Gasteiger partial charge in [0.15, 0.2) is 5.76 Å². The molecule has 1 fully saturated rings. The first-order valence-corrected chi connectivity index (χ1v) is 10.2. The Bertz CT molecular complexity index is 1090. The van der Waals surface area contributed by atoms with Crippen LogP contribution in [0.3, 0.4) is 0 Å². The van der Waals surface area contributed by atoms with E-state index in [1.54, 1.807) is 6.07 Å². The van der Waals surface area contributed by atoms with E-state index in [4.69, 9.17) is 14.9 Å². The number of ether oxygens (including phenoxy) is 1. The fraction of sp³-hybridized carbons (Fsp3) is 0.292. The van der Waals surface area contributed by atoms with E-state index in [-0.39, 0.29) is 23.7 Å². The van der Waals surface area contributed by atoms with E-state index in [9.17, 15) is 9.18 Å². The number of nitrogens with zero attached hydrogens (tertiary/aromatic N) is 1. The number of rotatable bonds is 3. The topological polar surface area (TPSA) is 68.7 Å². The number of halogens is 1. The Kier molecular flexibility index (Phi) is 4.59. The summed E-state index contributed by atoms with van der Waals surface area (Å²) in [5, 5.41) is 0. The highest BCUT2D eigenvalue weighted by Gasteiger charge is 2.44. The van der Waals surface area contributed by atoms with Crippen LogP contribution in [0, 0.1) is 5.82 Å². The molecular formula is C24H23FN2O3. The van der Waals surface area contributed by atoms with Crippen molar-refractivity contribution in [1.29, 1.82) is 0 Å². The van der Waals surface area contributed by atoms with E-state index in [0.717, 1.165) is 24.0 Å². The van der Waals surface area contributed by atoms with Gasteiger partial charge in [-0.3, -0.25) is 4.79 Å². The van der Waals surface area contributed by atoms with Gasteiger partial charge in [-0.1, -0.05) is 30.3 Å². The third-order valence-corrected chi connectivity index (χ3v) is 6.33. The number of carbonyl (C=O) groups excluding carboxylic acids is 1. The molecule has 0 radical (unpaired) electrons. The van der Waals surface area contributed by atoms with Gasteiger partial charge in [-0.2, -0.15) is 0 Å². The van der Waals surface area contributed by atoms with E-state index >= 15 is 0 Å². The van der Waals surface area contributed by atoms with Crippen LogP contribution in [0.15, 0.2) is 59.0 Å². The molecule has 3 heterocycles. The number of furan rings is 1. The molecule has 2 aliphatic heterocycles. The lowest BCUT2D eigenvalue weighted by Gasteiger charge is -2.38. The molecule has 1 spiro atoms. The third-order valence-electron chi connectivity index (χ3n) is 6.33. The largest absolute Gasteiger partial charge is 0.492 e. The Morgan fingerprint density at radius 1 is 1.10 bits per heavy atom. The molecule has 6 heteroatoms. The Balaban J connectivity index is 1.32. The van der Waals surface area contributed by atoms with Crippen LogP contribution in [-0.2, 0) is 12.0 Å². The molecule has 1 aromatic heterocycles. The van der Waals surface area contributed by atoms with Crippen LogP contribution in [0.25, 0.3) is 11.3 Å². The van der Waals surface area contributed by atoms with Crippen molar-refractivity contribution in [2.45, 2.75) is 24.8 Å². The highest BCUT2D eigenvalue weighted by Crippen LogP contribution is 2.46. The summed E-state index contributed by atoms with van der Waals surface area (Å²) in [6.45, 7) is 1.86. The SMILES string of the molecule is NCc1cc2c(cc1F)OCC21CCN(C(=O)c2ccc(-c3ccccc3)o2)CC1. The van der Waals surface area contributed by atoms with E-state index in [1.807, 2.05) is 47.4 Å². The number of benzene rings is 2. The minimum absolute atomic E-state index is 0.104. The number of piperidine rings is 1. The van der Waals surface area contributed by atoms with Gasteiger partial charge in [0.2, 0.25) is 0 Å². The van der Waals surface area contributed by atoms with Gasteiger partial charge < -0.3 is 19.8 Å². The van der Waals surface area contributed by atoms with E-state index in [0.29, 0.717) is 42.5 Å². The van der Waals surface area contributed by atoms with Crippen molar-refractivity contribution >= 4 is 5.91 Å². The van der Waals surface area contributed by atoms with Crippen LogP contribution in [-0.4, -0.2) is 30.5 Å². The highest BCUT2D eigenvalue weighted by molar-refractivity contribution is 5.92. The Hall–Kier alpha value is -3.12. The summed E-state index contributed by atoms with van der Waals surface area (Å²) in [4.78, 5) is 14.8. The molecule has 1 saturated heterocycles. The molecular weight excluding hydrogens is 383 g/mol. The van der Waals surface area contributed by atoms with Gasteiger partial charge in [-0.25, -0.2) is 4.39 Å². The van der Waals surface area contributed by atoms with Crippen LogP contribution in [0.4, 0.5) is 4.39 Å². The van der Waals surface area contributed by atoms with Gasteiger partial charge >= 0.3 is 0 Å². The average molecular weight is 406 g/mol. The second-order valence-corrected chi connectivity index (χ2v) is 8.04. The summed E-state index contributed by atoms with van der Waals surface area (Å²) in [5.74, 6) is 1.20. The summed E-state index contributed by atoms with van der Waals surface area (Å²) < 4.78 is 25.7. The number of amides is 1. The Morgan fingerprint density at radius 2 is 1.87 bits per heavy atom. The molecule has 5 rings (SSSR count). The minimum atomic E-state index is -0.326. The zero-order chi connectivity index (χ0) is 20.7. The van der Waals surface area contributed by atoms with Crippen LogP contribution >= 0.6 is 0 Å². The molecule has 2 N–H and O–H groups in total. The first-order valence-electron chi connectivity index (χ1n) is 10.2. The molecule has 2 aromatic carbocycles. The van der Waals surface area contributed by atoms with Gasteiger partial charge in [-0.15, -0.1) is 0 Å². The lowest BCUT2D eigenvalue weighted by Crippen LogP contribution is -2.46. The Morgan fingerprint density at radius 3 is 2.60 bits per heavy atom.